The second kappa shape index (κ2) is 6.40. The van der Waals surface area contributed by atoms with Crippen molar-refractivity contribution in [3.05, 3.63) is 0 Å². The molecule has 4 nitrogen and oxygen atoms in total. The van der Waals surface area contributed by atoms with Gasteiger partial charge in [-0.1, -0.05) is 13.8 Å². The second-order valence-corrected chi connectivity index (χ2v) is 3.21. The Morgan fingerprint density at radius 3 is 2.29 bits per heavy atom. The van der Waals surface area contributed by atoms with Crippen molar-refractivity contribution in [2.45, 2.75) is 27.2 Å². The van der Waals surface area contributed by atoms with Gasteiger partial charge in [0.1, 0.15) is 0 Å². The second-order valence-electron chi connectivity index (χ2n) is 3.21. The summed E-state index contributed by atoms with van der Waals surface area (Å²) in [5, 5.41) is 0. The van der Waals surface area contributed by atoms with Gasteiger partial charge in [0.2, 0.25) is 5.91 Å². The van der Waals surface area contributed by atoms with Gasteiger partial charge in [0.15, 0.2) is 0 Å². The van der Waals surface area contributed by atoms with Crippen LogP contribution >= 0.6 is 0 Å². The average molecular weight is 201 g/mol. The first-order valence-corrected chi connectivity index (χ1v) is 4.92. The molecule has 1 unspecified atom stereocenters. The normalized spacial score (nSPS) is 12.0. The van der Waals surface area contributed by atoms with Gasteiger partial charge in [0.05, 0.1) is 13.0 Å². The van der Waals surface area contributed by atoms with Crippen molar-refractivity contribution in [2.75, 3.05) is 20.2 Å². The summed E-state index contributed by atoms with van der Waals surface area (Å²) in [6.07, 6.45) is 0.474. The largest absolute Gasteiger partial charge is 0.469 e. The molecule has 0 saturated carbocycles. The lowest BCUT2D eigenvalue weighted by atomic mass is 10.1. The van der Waals surface area contributed by atoms with E-state index >= 15 is 0 Å². The van der Waals surface area contributed by atoms with E-state index < -0.39 is 0 Å². The van der Waals surface area contributed by atoms with Crippen LogP contribution in [0.5, 0.6) is 0 Å². The first-order valence-electron chi connectivity index (χ1n) is 4.92. The molecule has 0 aliphatic rings. The quantitative estimate of drug-likeness (QED) is 0.625. The summed E-state index contributed by atoms with van der Waals surface area (Å²) in [6.45, 7) is 6.55. The fraction of sp³-hybridized carbons (Fsp3) is 0.800. The summed E-state index contributed by atoms with van der Waals surface area (Å²) in [7, 11) is 1.36. The number of hydrogen-bond acceptors (Lipinski definition) is 3. The van der Waals surface area contributed by atoms with Crippen LogP contribution in [0.4, 0.5) is 0 Å². The van der Waals surface area contributed by atoms with Gasteiger partial charge in [0, 0.05) is 19.5 Å². The number of rotatable bonds is 5. The fourth-order valence-electron chi connectivity index (χ4n) is 1.24. The van der Waals surface area contributed by atoms with E-state index in [1.54, 1.807) is 11.8 Å². The molecule has 1 amide bonds. The number of nitrogens with zero attached hydrogens (tertiary/aromatic N) is 1. The number of methoxy groups -OCH3 is 1. The molecule has 0 fully saturated rings. The Labute approximate surface area is 85.2 Å². The number of carbonyl (C=O) groups excluding carboxylic acids is 2. The third-order valence-electron chi connectivity index (χ3n) is 2.13. The fourth-order valence-corrected chi connectivity index (χ4v) is 1.24. The monoisotopic (exact) mass is 201 g/mol. The molecule has 1 atom stereocenters. The van der Waals surface area contributed by atoms with E-state index in [4.69, 9.17) is 0 Å². The Morgan fingerprint density at radius 2 is 1.93 bits per heavy atom. The van der Waals surface area contributed by atoms with Crippen LogP contribution in [-0.2, 0) is 14.3 Å². The van der Waals surface area contributed by atoms with Gasteiger partial charge in [-0.15, -0.1) is 0 Å². The summed E-state index contributed by atoms with van der Waals surface area (Å²) in [6, 6.07) is 0. The summed E-state index contributed by atoms with van der Waals surface area (Å²) in [5.74, 6) is -0.453. The molecule has 0 saturated heterocycles. The van der Waals surface area contributed by atoms with Crippen molar-refractivity contribution >= 4 is 11.9 Å². The molecule has 14 heavy (non-hydrogen) atoms. The van der Waals surface area contributed by atoms with Crippen molar-refractivity contribution in [1.29, 1.82) is 0 Å². The molecule has 0 aromatic carbocycles. The third kappa shape index (κ3) is 3.77. The maximum atomic E-state index is 11.4. The minimum atomic E-state index is -0.271. The Kier molecular flexibility index (Phi) is 5.92. The van der Waals surface area contributed by atoms with Crippen LogP contribution < -0.4 is 0 Å². The smallest absolute Gasteiger partial charge is 0.310 e. The Hall–Kier alpha value is -1.06. The van der Waals surface area contributed by atoms with Crippen LogP contribution in [0.1, 0.15) is 27.2 Å². The maximum Gasteiger partial charge on any atom is 0.310 e. The predicted octanol–water partition coefficient (Wildman–Crippen LogP) is 1.05. The molecule has 4 heteroatoms. The van der Waals surface area contributed by atoms with Gasteiger partial charge in [-0.05, 0) is 6.92 Å². The zero-order valence-corrected chi connectivity index (χ0v) is 9.37. The first-order chi connectivity index (χ1) is 6.56. The average Bonchev–Trinajstić information content (AvgIpc) is 2.22. The molecule has 0 aromatic heterocycles. The van der Waals surface area contributed by atoms with Crippen molar-refractivity contribution in [2.24, 2.45) is 5.92 Å². The van der Waals surface area contributed by atoms with E-state index in [1.165, 1.54) is 7.11 Å². The van der Waals surface area contributed by atoms with E-state index in [0.29, 0.717) is 19.5 Å². The summed E-state index contributed by atoms with van der Waals surface area (Å²) in [5.41, 5.74) is 0. The number of carbonyl (C=O) groups is 2. The molecular formula is C10H19NO3. The molecular weight excluding hydrogens is 182 g/mol. The van der Waals surface area contributed by atoms with Gasteiger partial charge < -0.3 is 9.64 Å². The van der Waals surface area contributed by atoms with Crippen LogP contribution in [0.15, 0.2) is 0 Å². The molecule has 0 heterocycles. The zero-order chi connectivity index (χ0) is 11.1. The topological polar surface area (TPSA) is 46.6 Å². The molecule has 0 spiro atoms. The molecule has 0 N–H and O–H groups in total. The number of amides is 1. The molecule has 0 aliphatic heterocycles. The van der Waals surface area contributed by atoms with E-state index in [9.17, 15) is 9.59 Å². The Morgan fingerprint density at radius 1 is 1.36 bits per heavy atom. The highest BCUT2D eigenvalue weighted by molar-refractivity contribution is 5.77. The highest BCUT2D eigenvalue weighted by Crippen LogP contribution is 2.03. The molecule has 0 rings (SSSR count). The molecule has 0 bridgehead atoms. The first kappa shape index (κ1) is 12.9. The van der Waals surface area contributed by atoms with Crippen molar-refractivity contribution in [1.82, 2.24) is 4.90 Å². The third-order valence-corrected chi connectivity index (χ3v) is 2.13. The Balaban J connectivity index is 4.17. The lowest BCUT2D eigenvalue weighted by Crippen LogP contribution is -2.36. The minimum Gasteiger partial charge on any atom is -0.469 e. The van der Waals surface area contributed by atoms with Crippen LogP contribution in [0.3, 0.4) is 0 Å². The van der Waals surface area contributed by atoms with E-state index in [1.807, 2.05) is 13.8 Å². The summed E-state index contributed by atoms with van der Waals surface area (Å²) >= 11 is 0. The molecule has 0 radical (unpaired) electrons. The van der Waals surface area contributed by atoms with Crippen molar-refractivity contribution < 1.29 is 14.3 Å². The molecule has 0 aliphatic carbocycles. The van der Waals surface area contributed by atoms with Crippen LogP contribution in [0.25, 0.3) is 0 Å². The maximum absolute atomic E-state index is 11.4. The summed E-state index contributed by atoms with van der Waals surface area (Å²) < 4.78 is 4.59. The SMILES string of the molecule is CCC(=O)N(CC)CC(C)C(=O)OC. The zero-order valence-electron chi connectivity index (χ0n) is 9.37. The molecule has 0 aromatic rings. The predicted molar refractivity (Wildman–Crippen MR) is 53.7 cm³/mol. The lowest BCUT2D eigenvalue weighted by molar-refractivity contribution is -0.146. The van der Waals surface area contributed by atoms with Crippen LogP contribution in [0.2, 0.25) is 0 Å². The van der Waals surface area contributed by atoms with E-state index in [-0.39, 0.29) is 17.8 Å². The number of ether oxygens (including phenoxy) is 1. The standard InChI is InChI=1S/C10H19NO3/c1-5-9(12)11(6-2)7-8(3)10(13)14-4/h8H,5-7H2,1-4H3. The number of esters is 1. The van der Waals surface area contributed by atoms with E-state index in [0.717, 1.165) is 0 Å². The van der Waals surface area contributed by atoms with Crippen molar-refractivity contribution in [3.63, 3.8) is 0 Å². The van der Waals surface area contributed by atoms with Crippen molar-refractivity contribution in [3.8, 4) is 0 Å². The Bertz CT molecular complexity index is 204. The van der Waals surface area contributed by atoms with Gasteiger partial charge in [-0.25, -0.2) is 0 Å². The molecule has 82 valence electrons. The summed E-state index contributed by atoms with van der Waals surface area (Å²) in [4.78, 5) is 24.1. The van der Waals surface area contributed by atoms with E-state index in [2.05, 4.69) is 4.74 Å². The van der Waals surface area contributed by atoms with Crippen LogP contribution in [0, 0.1) is 5.92 Å². The lowest BCUT2D eigenvalue weighted by Gasteiger charge is -2.22. The van der Waals surface area contributed by atoms with Gasteiger partial charge in [0.25, 0.3) is 0 Å². The number of hydrogen-bond donors (Lipinski definition) is 0. The van der Waals surface area contributed by atoms with Gasteiger partial charge in [-0.2, -0.15) is 0 Å². The van der Waals surface area contributed by atoms with Gasteiger partial charge in [-0.3, -0.25) is 9.59 Å². The minimum absolute atomic E-state index is 0.0725. The van der Waals surface area contributed by atoms with Crippen LogP contribution in [-0.4, -0.2) is 37.0 Å². The highest BCUT2D eigenvalue weighted by Gasteiger charge is 2.18. The van der Waals surface area contributed by atoms with Gasteiger partial charge >= 0.3 is 5.97 Å². The highest BCUT2D eigenvalue weighted by atomic mass is 16.5.